The molecule has 0 heterocycles. The van der Waals surface area contributed by atoms with E-state index in [-0.39, 0.29) is 0 Å². The molecule has 0 aliphatic heterocycles. The molecule has 0 aliphatic rings. The highest BCUT2D eigenvalue weighted by Gasteiger charge is 2.05. The first-order valence-electron chi connectivity index (χ1n) is 4.35. The second-order valence-electron chi connectivity index (χ2n) is 2.99. The molecule has 0 N–H and O–H groups in total. The number of hydrogen-bond acceptors (Lipinski definition) is 1. The van der Waals surface area contributed by atoms with Crippen LogP contribution in [0.5, 0.6) is 0 Å². The van der Waals surface area contributed by atoms with Gasteiger partial charge in [0.15, 0.2) is 0 Å². The van der Waals surface area contributed by atoms with Crippen LogP contribution in [0.15, 0.2) is 16.3 Å². The van der Waals surface area contributed by atoms with Crippen molar-refractivity contribution < 1.29 is 0 Å². The molecule has 0 bridgehead atoms. The third-order valence-electron chi connectivity index (χ3n) is 1.97. The Morgan fingerprint density at radius 3 is 1.91 bits per heavy atom. The maximum absolute atomic E-state index is 4.03. The summed E-state index contributed by atoms with van der Waals surface area (Å²) in [5.74, 6) is 0.612. The monoisotopic (exact) mass is 153 g/mol. The highest BCUT2D eigenvalue weighted by Crippen LogP contribution is 2.20. The third kappa shape index (κ3) is 2.87. The van der Waals surface area contributed by atoms with Gasteiger partial charge in [-0.15, -0.1) is 0 Å². The molecule has 0 aromatic heterocycles. The Kier molecular flexibility index (Phi) is 4.84. The fourth-order valence-corrected chi connectivity index (χ4v) is 1.39. The Labute approximate surface area is 70.2 Å². The van der Waals surface area contributed by atoms with Crippen molar-refractivity contribution >= 4 is 6.72 Å². The smallest absolute Gasteiger partial charge is 0.0388 e. The molecule has 0 aromatic carbocycles. The van der Waals surface area contributed by atoms with E-state index in [9.17, 15) is 0 Å². The number of nitrogens with zero attached hydrogens (tertiary/aromatic N) is 1. The fourth-order valence-electron chi connectivity index (χ4n) is 1.39. The summed E-state index contributed by atoms with van der Waals surface area (Å²) < 4.78 is 0. The summed E-state index contributed by atoms with van der Waals surface area (Å²) in [6.45, 7) is 12.3. The largest absolute Gasteiger partial charge is 0.269 e. The van der Waals surface area contributed by atoms with Crippen LogP contribution in [0.2, 0.25) is 0 Å². The maximum atomic E-state index is 4.03. The van der Waals surface area contributed by atoms with Crippen molar-refractivity contribution in [2.45, 2.75) is 40.5 Å². The van der Waals surface area contributed by atoms with Crippen LogP contribution < -0.4 is 0 Å². The average Bonchev–Trinajstić information content (AvgIpc) is 1.99. The van der Waals surface area contributed by atoms with Gasteiger partial charge in [-0.1, -0.05) is 27.7 Å². The summed E-state index contributed by atoms with van der Waals surface area (Å²) in [5.41, 5.74) is 2.63. The van der Waals surface area contributed by atoms with Crippen molar-refractivity contribution in [2.24, 2.45) is 10.9 Å². The van der Waals surface area contributed by atoms with E-state index in [2.05, 4.69) is 39.4 Å². The molecule has 0 rings (SSSR count). The van der Waals surface area contributed by atoms with Gasteiger partial charge in [-0.05, 0) is 31.1 Å². The van der Waals surface area contributed by atoms with E-state index < -0.39 is 0 Å². The Morgan fingerprint density at radius 2 is 1.82 bits per heavy atom. The van der Waals surface area contributed by atoms with Crippen molar-refractivity contribution in [3.05, 3.63) is 11.3 Å². The van der Waals surface area contributed by atoms with Crippen molar-refractivity contribution in [2.75, 3.05) is 0 Å². The third-order valence-corrected chi connectivity index (χ3v) is 1.97. The van der Waals surface area contributed by atoms with Gasteiger partial charge in [0, 0.05) is 5.70 Å². The minimum atomic E-state index is 0.612. The zero-order valence-corrected chi connectivity index (χ0v) is 8.15. The number of hydrogen-bond donors (Lipinski definition) is 0. The average molecular weight is 153 g/mol. The minimum absolute atomic E-state index is 0.612. The van der Waals surface area contributed by atoms with Crippen LogP contribution in [0.25, 0.3) is 0 Å². The number of allylic oxidation sites excluding steroid dienone is 2. The summed E-state index contributed by atoms with van der Waals surface area (Å²) in [6.07, 6.45) is 2.10. The molecule has 11 heavy (non-hydrogen) atoms. The normalized spacial score (nSPS) is 13.2. The van der Waals surface area contributed by atoms with Gasteiger partial charge in [0.2, 0.25) is 0 Å². The molecule has 0 saturated heterocycles. The summed E-state index contributed by atoms with van der Waals surface area (Å²) in [7, 11) is 0. The first-order valence-corrected chi connectivity index (χ1v) is 4.35. The van der Waals surface area contributed by atoms with Crippen molar-refractivity contribution in [1.82, 2.24) is 0 Å². The second-order valence-corrected chi connectivity index (χ2v) is 2.99. The minimum Gasteiger partial charge on any atom is -0.269 e. The highest BCUT2D eigenvalue weighted by molar-refractivity contribution is 5.31. The predicted molar refractivity (Wildman–Crippen MR) is 52.0 cm³/mol. The lowest BCUT2D eigenvalue weighted by Crippen LogP contribution is -1.96. The molecule has 0 saturated carbocycles. The first kappa shape index (κ1) is 10.4. The topological polar surface area (TPSA) is 12.4 Å². The predicted octanol–water partition coefficient (Wildman–Crippen LogP) is 3.42. The Bertz CT molecular complexity index is 154. The van der Waals surface area contributed by atoms with E-state index in [1.165, 1.54) is 11.3 Å². The van der Waals surface area contributed by atoms with Gasteiger partial charge in [0.1, 0.15) is 0 Å². The van der Waals surface area contributed by atoms with Crippen molar-refractivity contribution in [3.8, 4) is 0 Å². The summed E-state index contributed by atoms with van der Waals surface area (Å²) in [5, 5.41) is 0. The molecule has 64 valence electrons. The van der Waals surface area contributed by atoms with E-state index in [1.807, 2.05) is 0 Å². The van der Waals surface area contributed by atoms with E-state index in [0.29, 0.717) is 5.92 Å². The van der Waals surface area contributed by atoms with Crippen LogP contribution in [-0.4, -0.2) is 6.72 Å². The van der Waals surface area contributed by atoms with E-state index >= 15 is 0 Å². The molecule has 0 unspecified atom stereocenters. The lowest BCUT2D eigenvalue weighted by molar-refractivity contribution is 0.708. The van der Waals surface area contributed by atoms with E-state index in [4.69, 9.17) is 0 Å². The molecule has 0 radical (unpaired) electrons. The molecule has 0 aliphatic carbocycles. The van der Waals surface area contributed by atoms with Crippen LogP contribution >= 0.6 is 0 Å². The molecule has 0 spiro atoms. The van der Waals surface area contributed by atoms with Crippen LogP contribution in [0.1, 0.15) is 40.5 Å². The maximum Gasteiger partial charge on any atom is 0.0388 e. The number of rotatable bonds is 4. The summed E-state index contributed by atoms with van der Waals surface area (Å²) in [6, 6.07) is 0. The SMILES string of the molecule is C=N/C(CC)=C(/CC)C(C)C. The summed E-state index contributed by atoms with van der Waals surface area (Å²) >= 11 is 0. The molecular formula is C10H19N. The van der Waals surface area contributed by atoms with Gasteiger partial charge in [0.25, 0.3) is 0 Å². The highest BCUT2D eigenvalue weighted by atomic mass is 14.7. The quantitative estimate of drug-likeness (QED) is 0.549. The van der Waals surface area contributed by atoms with Crippen LogP contribution in [0.4, 0.5) is 0 Å². The van der Waals surface area contributed by atoms with Gasteiger partial charge in [-0.25, -0.2) is 0 Å². The van der Waals surface area contributed by atoms with Gasteiger partial charge >= 0.3 is 0 Å². The standard InChI is InChI=1S/C10H19N/c1-6-9(8(3)4)10(7-2)11-5/h8H,5-7H2,1-4H3/b10-9-. The molecule has 0 aromatic rings. The first-order chi connectivity index (χ1) is 5.17. The van der Waals surface area contributed by atoms with Crippen molar-refractivity contribution in [1.29, 1.82) is 0 Å². The molecule has 1 nitrogen and oxygen atoms in total. The van der Waals surface area contributed by atoms with E-state index in [0.717, 1.165) is 12.8 Å². The Morgan fingerprint density at radius 1 is 1.27 bits per heavy atom. The van der Waals surface area contributed by atoms with Gasteiger partial charge in [-0.3, -0.25) is 4.99 Å². The lowest BCUT2D eigenvalue weighted by Gasteiger charge is -2.11. The van der Waals surface area contributed by atoms with Crippen LogP contribution in [0, 0.1) is 5.92 Å². The van der Waals surface area contributed by atoms with Gasteiger partial charge in [-0.2, -0.15) is 0 Å². The number of aliphatic imine (C=N–C) groups is 1. The van der Waals surface area contributed by atoms with Crippen LogP contribution in [0.3, 0.4) is 0 Å². The zero-order valence-electron chi connectivity index (χ0n) is 8.15. The molecule has 0 amide bonds. The van der Waals surface area contributed by atoms with Crippen LogP contribution in [-0.2, 0) is 0 Å². The fraction of sp³-hybridized carbons (Fsp3) is 0.700. The zero-order chi connectivity index (χ0) is 8.85. The molecule has 0 fully saturated rings. The Hall–Kier alpha value is -0.590. The second kappa shape index (κ2) is 5.11. The Balaban J connectivity index is 4.62. The van der Waals surface area contributed by atoms with E-state index in [1.54, 1.807) is 0 Å². The van der Waals surface area contributed by atoms with Crippen molar-refractivity contribution in [3.63, 3.8) is 0 Å². The van der Waals surface area contributed by atoms with Gasteiger partial charge in [0.05, 0.1) is 0 Å². The lowest BCUT2D eigenvalue weighted by atomic mass is 9.97. The molecule has 1 heteroatoms. The molecule has 0 atom stereocenters. The molecular weight excluding hydrogens is 134 g/mol. The van der Waals surface area contributed by atoms with Gasteiger partial charge < -0.3 is 0 Å². The summed E-state index contributed by atoms with van der Waals surface area (Å²) in [4.78, 5) is 4.03.